The minimum absolute atomic E-state index is 0.0922. The topological polar surface area (TPSA) is 26.3 Å². The molecule has 134 valence electrons. The van der Waals surface area contributed by atoms with Gasteiger partial charge in [0.15, 0.2) is 0 Å². The summed E-state index contributed by atoms with van der Waals surface area (Å²) in [5, 5.41) is 0. The third-order valence-electron chi connectivity index (χ3n) is 8.84. The minimum Gasteiger partial charge on any atom is -0.462 e. The molecule has 2 heteroatoms. The van der Waals surface area contributed by atoms with Crippen molar-refractivity contribution in [2.45, 2.75) is 84.7 Å². The number of rotatable bonds is 1. The van der Waals surface area contributed by atoms with Crippen LogP contribution in [-0.4, -0.2) is 12.1 Å². The summed E-state index contributed by atoms with van der Waals surface area (Å²) in [6, 6.07) is 0. The summed E-state index contributed by atoms with van der Waals surface area (Å²) >= 11 is 0. The van der Waals surface area contributed by atoms with E-state index >= 15 is 0 Å². The van der Waals surface area contributed by atoms with Crippen LogP contribution in [0.2, 0.25) is 0 Å². The Kier molecular flexibility index (Phi) is 3.89. The second-order valence-corrected chi connectivity index (χ2v) is 9.83. The lowest BCUT2D eigenvalue weighted by Crippen LogP contribution is -2.53. The number of esters is 1. The number of carbonyl (C=O) groups excluding carboxylic acids is 1. The zero-order chi connectivity index (χ0) is 17.1. The molecule has 0 radical (unpaired) electrons. The van der Waals surface area contributed by atoms with E-state index in [1.807, 2.05) is 0 Å². The minimum atomic E-state index is -0.0922. The molecule has 24 heavy (non-hydrogen) atoms. The molecule has 7 atom stereocenters. The predicted octanol–water partition coefficient (Wildman–Crippen LogP) is 5.52. The highest BCUT2D eigenvalue weighted by Crippen LogP contribution is 2.66. The molecule has 4 saturated carbocycles. The van der Waals surface area contributed by atoms with E-state index in [2.05, 4.69) is 20.4 Å². The smallest absolute Gasteiger partial charge is 0.302 e. The quantitative estimate of drug-likeness (QED) is 0.467. The van der Waals surface area contributed by atoms with E-state index < -0.39 is 0 Å². The van der Waals surface area contributed by atoms with Gasteiger partial charge < -0.3 is 4.74 Å². The van der Waals surface area contributed by atoms with Gasteiger partial charge in [-0.1, -0.05) is 26.0 Å². The zero-order valence-electron chi connectivity index (χ0n) is 15.8. The Labute approximate surface area is 147 Å². The second-order valence-electron chi connectivity index (χ2n) is 9.83. The molecule has 0 unspecified atom stereocenters. The first-order valence-electron chi connectivity index (χ1n) is 10.2. The molecule has 0 aromatic heterocycles. The lowest BCUT2D eigenvalue weighted by molar-refractivity contribution is -0.160. The largest absolute Gasteiger partial charge is 0.462 e. The Morgan fingerprint density at radius 1 is 1.04 bits per heavy atom. The summed E-state index contributed by atoms with van der Waals surface area (Å²) in [6.07, 6.45) is 11.8. The van der Waals surface area contributed by atoms with Crippen LogP contribution in [0.4, 0.5) is 0 Å². The molecule has 0 N–H and O–H groups in total. The molecular formula is C22H34O2. The highest BCUT2D eigenvalue weighted by molar-refractivity contribution is 5.66. The van der Waals surface area contributed by atoms with Crippen LogP contribution >= 0.6 is 0 Å². The van der Waals surface area contributed by atoms with Crippen molar-refractivity contribution in [1.29, 1.82) is 0 Å². The van der Waals surface area contributed by atoms with Crippen molar-refractivity contribution in [3.8, 4) is 0 Å². The van der Waals surface area contributed by atoms with Crippen molar-refractivity contribution in [3.63, 3.8) is 0 Å². The predicted molar refractivity (Wildman–Crippen MR) is 96.4 cm³/mol. The standard InChI is InChI=1S/C22H34O2/c1-14-9-11-21(3)16(13-14)5-6-17-18-7-8-20(24-15(2)23)22(18,4)12-10-19(17)21/h16-20H,1,5-13H2,2-4H3/t16-,17+,18+,19+,20-,21-,22-/m0/s1. The van der Waals surface area contributed by atoms with E-state index in [4.69, 9.17) is 4.74 Å². The number of ether oxygens (including phenoxy) is 1. The Morgan fingerprint density at radius 2 is 1.79 bits per heavy atom. The fourth-order valence-electron chi connectivity index (χ4n) is 7.50. The van der Waals surface area contributed by atoms with Crippen LogP contribution in [0.1, 0.15) is 78.6 Å². The van der Waals surface area contributed by atoms with Gasteiger partial charge in [0.05, 0.1) is 0 Å². The highest BCUT2D eigenvalue weighted by Gasteiger charge is 2.60. The van der Waals surface area contributed by atoms with Gasteiger partial charge in [0, 0.05) is 12.3 Å². The third kappa shape index (κ3) is 2.31. The van der Waals surface area contributed by atoms with Crippen molar-refractivity contribution in [1.82, 2.24) is 0 Å². The van der Waals surface area contributed by atoms with Crippen molar-refractivity contribution in [2.75, 3.05) is 0 Å². The van der Waals surface area contributed by atoms with Crippen molar-refractivity contribution >= 4 is 5.97 Å². The molecule has 0 aliphatic heterocycles. The molecule has 0 amide bonds. The monoisotopic (exact) mass is 330 g/mol. The molecular weight excluding hydrogens is 296 g/mol. The van der Waals surface area contributed by atoms with Gasteiger partial charge >= 0.3 is 5.97 Å². The van der Waals surface area contributed by atoms with E-state index in [0.717, 1.165) is 30.1 Å². The van der Waals surface area contributed by atoms with Crippen LogP contribution in [0.25, 0.3) is 0 Å². The molecule has 4 fully saturated rings. The lowest BCUT2D eigenvalue weighted by Gasteiger charge is -2.60. The van der Waals surface area contributed by atoms with E-state index in [0.29, 0.717) is 5.41 Å². The molecule has 0 bridgehead atoms. The van der Waals surface area contributed by atoms with Crippen LogP contribution in [0.3, 0.4) is 0 Å². The molecule has 0 aromatic carbocycles. The molecule has 4 aliphatic carbocycles. The molecule has 4 aliphatic rings. The second kappa shape index (κ2) is 5.61. The molecule has 0 heterocycles. The van der Waals surface area contributed by atoms with Crippen molar-refractivity contribution in [3.05, 3.63) is 12.2 Å². The van der Waals surface area contributed by atoms with E-state index in [1.165, 1.54) is 56.9 Å². The van der Waals surface area contributed by atoms with Gasteiger partial charge in [-0.15, -0.1) is 0 Å². The zero-order valence-corrected chi connectivity index (χ0v) is 15.8. The number of hydrogen-bond acceptors (Lipinski definition) is 2. The Morgan fingerprint density at radius 3 is 2.54 bits per heavy atom. The van der Waals surface area contributed by atoms with Crippen LogP contribution in [0.5, 0.6) is 0 Å². The third-order valence-corrected chi connectivity index (χ3v) is 8.84. The summed E-state index contributed by atoms with van der Waals surface area (Å²) < 4.78 is 5.76. The van der Waals surface area contributed by atoms with E-state index in [-0.39, 0.29) is 17.5 Å². The maximum Gasteiger partial charge on any atom is 0.302 e. The van der Waals surface area contributed by atoms with Crippen LogP contribution in [0.15, 0.2) is 12.2 Å². The number of fused-ring (bicyclic) bond motifs is 5. The number of hydrogen-bond donors (Lipinski definition) is 0. The van der Waals surface area contributed by atoms with Crippen LogP contribution in [0, 0.1) is 34.5 Å². The summed E-state index contributed by atoms with van der Waals surface area (Å²) in [6.45, 7) is 10.9. The van der Waals surface area contributed by atoms with Crippen LogP contribution < -0.4 is 0 Å². The Bertz CT molecular complexity index is 552. The SMILES string of the molecule is C=C1CC[C@@]2(C)[C@@H](CC[C@H]3[C@H]2CC[C@]2(C)[C@@H](OC(C)=O)CC[C@H]32)C1. The van der Waals surface area contributed by atoms with Gasteiger partial charge in [0.25, 0.3) is 0 Å². The van der Waals surface area contributed by atoms with Crippen molar-refractivity contribution < 1.29 is 9.53 Å². The highest BCUT2D eigenvalue weighted by atomic mass is 16.5. The molecule has 2 nitrogen and oxygen atoms in total. The summed E-state index contributed by atoms with van der Waals surface area (Å²) in [5.41, 5.74) is 2.26. The van der Waals surface area contributed by atoms with Gasteiger partial charge in [-0.05, 0) is 86.9 Å². The Balaban J connectivity index is 1.58. The maximum absolute atomic E-state index is 11.5. The first-order chi connectivity index (χ1) is 11.3. The number of allylic oxidation sites excluding steroid dienone is 1. The number of carbonyl (C=O) groups is 1. The van der Waals surface area contributed by atoms with E-state index in [1.54, 1.807) is 6.92 Å². The van der Waals surface area contributed by atoms with Gasteiger partial charge in [-0.2, -0.15) is 0 Å². The van der Waals surface area contributed by atoms with Gasteiger partial charge in [-0.25, -0.2) is 0 Å². The van der Waals surface area contributed by atoms with E-state index in [9.17, 15) is 4.79 Å². The van der Waals surface area contributed by atoms with Gasteiger partial charge in [0.2, 0.25) is 0 Å². The average molecular weight is 331 g/mol. The summed E-state index contributed by atoms with van der Waals surface area (Å²) in [5.74, 6) is 3.29. The fourth-order valence-corrected chi connectivity index (χ4v) is 7.50. The first kappa shape index (κ1) is 16.7. The molecule has 0 aromatic rings. The first-order valence-corrected chi connectivity index (χ1v) is 10.2. The molecule has 4 rings (SSSR count). The lowest BCUT2D eigenvalue weighted by atomic mass is 9.45. The van der Waals surface area contributed by atoms with Gasteiger partial charge in [-0.3, -0.25) is 4.79 Å². The summed E-state index contributed by atoms with van der Waals surface area (Å²) in [7, 11) is 0. The summed E-state index contributed by atoms with van der Waals surface area (Å²) in [4.78, 5) is 11.5. The normalized spacial score (nSPS) is 50.6. The average Bonchev–Trinajstić information content (AvgIpc) is 2.84. The van der Waals surface area contributed by atoms with Crippen molar-refractivity contribution in [2.24, 2.45) is 34.5 Å². The van der Waals surface area contributed by atoms with Gasteiger partial charge in [0.1, 0.15) is 6.10 Å². The maximum atomic E-state index is 11.5. The van der Waals surface area contributed by atoms with Crippen LogP contribution in [-0.2, 0) is 9.53 Å². The molecule has 0 saturated heterocycles. The fraction of sp³-hybridized carbons (Fsp3) is 0.864. The Hall–Kier alpha value is -0.790. The molecule has 0 spiro atoms.